The van der Waals surface area contributed by atoms with Gasteiger partial charge in [0.25, 0.3) is 5.69 Å². The Labute approximate surface area is 160 Å². The smallest absolute Gasteiger partial charge is 0.414 e. The van der Waals surface area contributed by atoms with E-state index in [1.807, 2.05) is 18.2 Å². The number of piperidine rings is 1. The first-order chi connectivity index (χ1) is 13.3. The Morgan fingerprint density at radius 1 is 0.964 bits per heavy atom. The lowest BCUT2D eigenvalue weighted by atomic mass is 9.84. The molecule has 1 aliphatic rings. The van der Waals surface area contributed by atoms with Crippen LogP contribution < -0.4 is 10.1 Å². The van der Waals surface area contributed by atoms with E-state index in [1.54, 1.807) is 12.1 Å². The molecule has 0 saturated carbocycles. The topological polar surface area (TPSA) is 139 Å². The molecule has 1 heterocycles. The average Bonchev–Trinajstić information content (AvgIpc) is 2.70. The van der Waals surface area contributed by atoms with Gasteiger partial charge in [0.1, 0.15) is 11.4 Å². The Morgan fingerprint density at radius 2 is 1.50 bits per heavy atom. The van der Waals surface area contributed by atoms with E-state index in [1.165, 1.54) is 12.1 Å². The summed E-state index contributed by atoms with van der Waals surface area (Å²) in [7, 11) is 0. The van der Waals surface area contributed by atoms with Gasteiger partial charge in [-0.1, -0.05) is 30.3 Å². The Hall–Kier alpha value is -3.46. The number of carbonyl (C=O) groups is 2. The Balaban J connectivity index is 0.000000409. The largest absolute Gasteiger partial charge is 0.482 e. The van der Waals surface area contributed by atoms with Crippen LogP contribution in [0.3, 0.4) is 0 Å². The van der Waals surface area contributed by atoms with Crippen LogP contribution in [0.1, 0.15) is 18.4 Å². The minimum absolute atomic E-state index is 0.0754. The summed E-state index contributed by atoms with van der Waals surface area (Å²) in [6.45, 7) is 1.78. The summed E-state index contributed by atoms with van der Waals surface area (Å²) in [6.07, 6.45) is 1.74. The van der Waals surface area contributed by atoms with Crippen LogP contribution >= 0.6 is 0 Å². The molecule has 148 valence electrons. The number of nitrogens with zero attached hydrogens (tertiary/aromatic N) is 1. The second kappa shape index (κ2) is 9.47. The number of nitrogens with one attached hydrogen (secondary N) is 1. The van der Waals surface area contributed by atoms with Gasteiger partial charge in [-0.05, 0) is 30.8 Å². The highest BCUT2D eigenvalue weighted by Gasteiger charge is 2.36. The molecule has 0 aliphatic carbocycles. The lowest BCUT2D eigenvalue weighted by Gasteiger charge is -2.38. The molecule has 9 heteroatoms. The predicted molar refractivity (Wildman–Crippen MR) is 99.2 cm³/mol. The fourth-order valence-electron chi connectivity index (χ4n) is 2.88. The highest BCUT2D eigenvalue weighted by molar-refractivity contribution is 6.27. The number of nitro groups is 1. The zero-order valence-corrected chi connectivity index (χ0v) is 14.9. The minimum Gasteiger partial charge on any atom is -0.482 e. The first-order valence-electron chi connectivity index (χ1n) is 8.50. The molecule has 3 N–H and O–H groups in total. The Kier molecular flexibility index (Phi) is 7.05. The molecule has 2 aromatic carbocycles. The molecule has 0 bridgehead atoms. The van der Waals surface area contributed by atoms with Crippen LogP contribution in [0, 0.1) is 10.1 Å². The van der Waals surface area contributed by atoms with Gasteiger partial charge in [-0.3, -0.25) is 10.1 Å². The fraction of sp³-hybridized carbons (Fsp3) is 0.263. The fourth-order valence-corrected chi connectivity index (χ4v) is 2.88. The van der Waals surface area contributed by atoms with Gasteiger partial charge in [0.2, 0.25) is 0 Å². The van der Waals surface area contributed by atoms with Crippen molar-refractivity contribution in [3.05, 3.63) is 70.3 Å². The second-order valence-electron chi connectivity index (χ2n) is 6.07. The number of hydrogen-bond donors (Lipinski definition) is 3. The second-order valence-corrected chi connectivity index (χ2v) is 6.07. The number of carboxylic acids is 2. The number of nitro benzene ring substituents is 1. The van der Waals surface area contributed by atoms with Crippen LogP contribution in [-0.2, 0) is 15.2 Å². The molecule has 1 aliphatic heterocycles. The number of non-ortho nitro benzene ring substituents is 1. The van der Waals surface area contributed by atoms with Gasteiger partial charge in [0, 0.05) is 25.0 Å². The summed E-state index contributed by atoms with van der Waals surface area (Å²) < 4.78 is 6.30. The molecular weight excluding hydrogens is 368 g/mol. The first kappa shape index (κ1) is 20.8. The van der Waals surface area contributed by atoms with Crippen molar-refractivity contribution in [1.82, 2.24) is 5.32 Å². The lowest BCUT2D eigenvalue weighted by molar-refractivity contribution is -0.384. The molecule has 1 fully saturated rings. The van der Waals surface area contributed by atoms with Crippen molar-refractivity contribution < 1.29 is 29.5 Å². The molecular formula is C19H20N2O7. The van der Waals surface area contributed by atoms with Crippen molar-refractivity contribution >= 4 is 17.6 Å². The molecule has 0 radical (unpaired) electrons. The molecule has 0 unspecified atom stereocenters. The van der Waals surface area contributed by atoms with E-state index in [9.17, 15) is 10.1 Å². The molecule has 0 spiro atoms. The average molecular weight is 388 g/mol. The third-order valence-corrected chi connectivity index (χ3v) is 4.25. The third-order valence-electron chi connectivity index (χ3n) is 4.25. The van der Waals surface area contributed by atoms with Crippen LogP contribution in [0.25, 0.3) is 0 Å². The summed E-state index contributed by atoms with van der Waals surface area (Å²) >= 11 is 0. The molecule has 0 aromatic heterocycles. The van der Waals surface area contributed by atoms with E-state index in [4.69, 9.17) is 24.5 Å². The summed E-state index contributed by atoms with van der Waals surface area (Å²) in [5.41, 5.74) is 0.851. The van der Waals surface area contributed by atoms with Crippen molar-refractivity contribution in [2.45, 2.75) is 18.4 Å². The Morgan fingerprint density at radius 3 is 1.96 bits per heavy atom. The van der Waals surface area contributed by atoms with Crippen LogP contribution in [0.2, 0.25) is 0 Å². The summed E-state index contributed by atoms with van der Waals surface area (Å²) in [5.74, 6) is -2.98. The third kappa shape index (κ3) is 5.52. The van der Waals surface area contributed by atoms with Crippen molar-refractivity contribution in [3.8, 4) is 5.75 Å². The summed E-state index contributed by atoms with van der Waals surface area (Å²) in [5, 5.41) is 28.9. The zero-order valence-electron chi connectivity index (χ0n) is 14.9. The van der Waals surface area contributed by atoms with Crippen LogP contribution in [0.5, 0.6) is 5.75 Å². The highest BCUT2D eigenvalue weighted by Crippen LogP contribution is 2.36. The zero-order chi connectivity index (χ0) is 20.6. The van der Waals surface area contributed by atoms with Gasteiger partial charge in [0.15, 0.2) is 0 Å². The number of aliphatic carboxylic acids is 2. The molecule has 28 heavy (non-hydrogen) atoms. The lowest BCUT2D eigenvalue weighted by Crippen LogP contribution is -2.44. The van der Waals surface area contributed by atoms with E-state index in [2.05, 4.69) is 17.4 Å². The van der Waals surface area contributed by atoms with Crippen LogP contribution in [0.15, 0.2) is 54.6 Å². The van der Waals surface area contributed by atoms with Crippen molar-refractivity contribution in [1.29, 1.82) is 0 Å². The SMILES string of the molecule is O=C(O)C(=O)O.O=[N+]([O-])c1ccc(OC2(c3ccccc3)CCNCC2)cc1. The molecule has 9 nitrogen and oxygen atoms in total. The Bertz CT molecular complexity index is 804. The molecule has 0 amide bonds. The normalized spacial score (nSPS) is 14.9. The molecule has 3 rings (SSSR count). The number of carboxylic acid groups (broad SMARTS) is 2. The maximum Gasteiger partial charge on any atom is 0.414 e. The number of benzene rings is 2. The minimum atomic E-state index is -1.82. The van der Waals surface area contributed by atoms with Gasteiger partial charge in [-0.25, -0.2) is 9.59 Å². The van der Waals surface area contributed by atoms with Gasteiger partial charge < -0.3 is 20.3 Å². The molecule has 1 saturated heterocycles. The number of hydrogen-bond acceptors (Lipinski definition) is 6. The van der Waals surface area contributed by atoms with E-state index >= 15 is 0 Å². The predicted octanol–water partition coefficient (Wildman–Crippen LogP) is 2.41. The van der Waals surface area contributed by atoms with Crippen LogP contribution in [-0.4, -0.2) is 40.2 Å². The van der Waals surface area contributed by atoms with Crippen molar-refractivity contribution in [3.63, 3.8) is 0 Å². The van der Waals surface area contributed by atoms with Gasteiger partial charge >= 0.3 is 11.9 Å². The van der Waals surface area contributed by atoms with Gasteiger partial charge in [-0.2, -0.15) is 0 Å². The summed E-state index contributed by atoms with van der Waals surface area (Å²) in [6, 6.07) is 16.5. The maximum atomic E-state index is 10.7. The van der Waals surface area contributed by atoms with E-state index in [0.717, 1.165) is 31.5 Å². The quantitative estimate of drug-likeness (QED) is 0.412. The van der Waals surface area contributed by atoms with Crippen molar-refractivity contribution in [2.24, 2.45) is 0 Å². The summed E-state index contributed by atoms with van der Waals surface area (Å²) in [4.78, 5) is 28.5. The highest BCUT2D eigenvalue weighted by atomic mass is 16.6. The standard InChI is InChI=1S/C17H18N2O3.C2H2O4/c20-19(21)15-6-8-16(9-7-15)22-17(10-12-18-13-11-17)14-4-2-1-3-5-14;3-1(4)2(5)6/h1-9,18H,10-13H2;(H,3,4)(H,5,6). The van der Waals surface area contributed by atoms with Gasteiger partial charge in [-0.15, -0.1) is 0 Å². The number of rotatable bonds is 4. The van der Waals surface area contributed by atoms with E-state index in [0.29, 0.717) is 5.75 Å². The monoisotopic (exact) mass is 388 g/mol. The van der Waals surface area contributed by atoms with Crippen LogP contribution in [0.4, 0.5) is 5.69 Å². The first-order valence-corrected chi connectivity index (χ1v) is 8.50. The maximum absolute atomic E-state index is 10.7. The van der Waals surface area contributed by atoms with E-state index < -0.39 is 16.9 Å². The number of ether oxygens (including phenoxy) is 1. The van der Waals surface area contributed by atoms with Gasteiger partial charge in [0.05, 0.1) is 4.92 Å². The molecule has 2 aromatic rings. The van der Waals surface area contributed by atoms with Crippen molar-refractivity contribution in [2.75, 3.05) is 13.1 Å². The molecule has 0 atom stereocenters. The van der Waals surface area contributed by atoms with E-state index in [-0.39, 0.29) is 11.3 Å².